The molecule has 3 N–H and O–H groups in total. The monoisotopic (exact) mass is 907 g/mol. The number of aromatic nitrogens is 5. The number of imide groups is 1. The zero-order chi connectivity index (χ0) is 40.5. The minimum Gasteiger partial charge on any atom is -0.374 e. The number of hydrogen-bond donors (Lipinski definition) is 3. The minimum absolute atomic E-state index is 0.170. The van der Waals surface area contributed by atoms with Crippen LogP contribution in [0.2, 0.25) is 0 Å². The highest BCUT2D eigenvalue weighted by Crippen LogP contribution is 2.34. The molecule has 1 unspecified atom stereocenters. The van der Waals surface area contributed by atoms with E-state index in [4.69, 9.17) is 9.97 Å². The number of hydrogen-bond acceptors (Lipinski definition) is 11. The first-order valence-corrected chi connectivity index (χ1v) is 22.3. The Bertz CT molecular complexity index is 2400. The summed E-state index contributed by atoms with van der Waals surface area (Å²) in [5.41, 5.74) is 6.91. The number of pyridine rings is 1. The largest absolute Gasteiger partial charge is 0.374 e. The normalized spacial score (nSPS) is 20.2. The van der Waals surface area contributed by atoms with Crippen molar-refractivity contribution < 1.29 is 9.59 Å². The third kappa shape index (κ3) is 8.31. The predicted octanol–water partition coefficient (Wildman–Crippen LogP) is 5.63. The van der Waals surface area contributed by atoms with Gasteiger partial charge in [0.25, 0.3) is 5.56 Å². The summed E-state index contributed by atoms with van der Waals surface area (Å²) in [4.78, 5) is 59.1. The molecule has 0 radical (unpaired) electrons. The van der Waals surface area contributed by atoms with Crippen molar-refractivity contribution in [1.82, 2.24) is 34.5 Å². The van der Waals surface area contributed by atoms with Crippen LogP contribution in [0.5, 0.6) is 0 Å². The van der Waals surface area contributed by atoms with Crippen LogP contribution in [0.15, 0.2) is 84.3 Å². The van der Waals surface area contributed by atoms with E-state index in [0.29, 0.717) is 54.0 Å². The van der Waals surface area contributed by atoms with Crippen molar-refractivity contribution in [1.29, 1.82) is 0 Å². The summed E-state index contributed by atoms with van der Waals surface area (Å²) in [7, 11) is 0. The lowest BCUT2D eigenvalue weighted by Gasteiger charge is -2.40. The van der Waals surface area contributed by atoms with Gasteiger partial charge in [-0.1, -0.05) is 34.7 Å². The maximum Gasteiger partial charge on any atom is 0.278 e. The fourth-order valence-corrected chi connectivity index (χ4v) is 9.87. The molecule has 0 saturated carbocycles. The van der Waals surface area contributed by atoms with Gasteiger partial charge in [0.15, 0.2) is 11.5 Å². The first kappa shape index (κ1) is 39.2. The molecule has 14 nitrogen and oxygen atoms in total. The van der Waals surface area contributed by atoms with Gasteiger partial charge in [-0.3, -0.25) is 24.6 Å². The second-order valence-electron chi connectivity index (χ2n) is 16.1. The molecule has 0 bridgehead atoms. The van der Waals surface area contributed by atoms with Crippen molar-refractivity contribution in [2.24, 2.45) is 5.92 Å². The number of piperidine rings is 2. The summed E-state index contributed by atoms with van der Waals surface area (Å²) in [6.45, 7) is 11.5. The highest BCUT2D eigenvalue weighted by atomic mass is 127. The van der Waals surface area contributed by atoms with Crippen LogP contribution < -0.4 is 31.3 Å². The number of allylic oxidation sites excluding steroid dienone is 1. The Balaban J connectivity index is 0.774. The van der Waals surface area contributed by atoms with Gasteiger partial charge in [0.1, 0.15) is 11.4 Å². The third-order valence-electron chi connectivity index (χ3n) is 12.3. The molecule has 1 aliphatic carbocycles. The van der Waals surface area contributed by atoms with Crippen LogP contribution in [0, 0.1) is 5.92 Å². The average molecular weight is 908 g/mol. The van der Waals surface area contributed by atoms with E-state index < -0.39 is 0 Å². The molecule has 5 aromatic rings. The topological polar surface area (TPSA) is 146 Å². The number of halogens is 1. The van der Waals surface area contributed by atoms with Crippen molar-refractivity contribution in [3.05, 3.63) is 101 Å². The van der Waals surface area contributed by atoms with Crippen molar-refractivity contribution in [3.63, 3.8) is 0 Å². The number of nitrogens with one attached hydrogen (secondary N) is 3. The van der Waals surface area contributed by atoms with Crippen molar-refractivity contribution >= 4 is 74.1 Å². The number of benzene rings is 2. The summed E-state index contributed by atoms with van der Waals surface area (Å²) in [6, 6.07) is 20.5. The number of anilines is 5. The molecule has 3 aliphatic heterocycles. The van der Waals surface area contributed by atoms with Crippen LogP contribution in [-0.2, 0) is 22.6 Å². The lowest BCUT2D eigenvalue weighted by Crippen LogP contribution is -2.49. The Morgan fingerprint density at radius 3 is 2.22 bits per heavy atom. The van der Waals surface area contributed by atoms with Crippen LogP contribution in [0.25, 0.3) is 16.9 Å². The Morgan fingerprint density at radius 1 is 0.814 bits per heavy atom. The number of nitrogens with zero attached hydrogens (tertiary/aromatic N) is 8. The highest BCUT2D eigenvalue weighted by Gasteiger charge is 2.28. The summed E-state index contributed by atoms with van der Waals surface area (Å²) < 4.78 is 4.45. The van der Waals surface area contributed by atoms with Crippen molar-refractivity contribution in [2.75, 3.05) is 70.7 Å². The summed E-state index contributed by atoms with van der Waals surface area (Å²) in [5.74, 6) is 1.74. The van der Waals surface area contributed by atoms with Gasteiger partial charge in [0.05, 0.1) is 6.54 Å². The van der Waals surface area contributed by atoms with Gasteiger partial charge in [-0.15, -0.1) is 6.58 Å². The molecule has 3 aromatic heterocycles. The molecule has 4 aliphatic rings. The number of alkyl halides is 1. The van der Waals surface area contributed by atoms with Gasteiger partial charge in [-0.2, -0.15) is 4.98 Å². The molecule has 0 spiro atoms. The summed E-state index contributed by atoms with van der Waals surface area (Å²) in [6.07, 6.45) is 8.67. The number of fused-ring (bicyclic) bond motifs is 2. The number of aryl methyl sites for hydroxylation is 1. The van der Waals surface area contributed by atoms with E-state index in [1.54, 1.807) is 17.0 Å². The molecule has 15 heteroatoms. The summed E-state index contributed by atoms with van der Waals surface area (Å²) in [5, 5.41) is 9.49. The van der Waals surface area contributed by atoms with E-state index in [-0.39, 0.29) is 23.4 Å². The van der Waals surface area contributed by atoms with Crippen LogP contribution >= 0.6 is 22.6 Å². The van der Waals surface area contributed by atoms with Gasteiger partial charge in [-0.25, -0.2) is 19.3 Å². The Hall–Kier alpha value is -5.29. The predicted molar refractivity (Wildman–Crippen MR) is 241 cm³/mol. The minimum atomic E-state index is -0.373. The van der Waals surface area contributed by atoms with E-state index in [2.05, 4.69) is 107 Å². The molecular weight excluding hydrogens is 857 g/mol. The highest BCUT2D eigenvalue weighted by molar-refractivity contribution is 14.1. The van der Waals surface area contributed by atoms with Gasteiger partial charge >= 0.3 is 0 Å². The fourth-order valence-electron chi connectivity index (χ4n) is 9.01. The zero-order valence-electron chi connectivity index (χ0n) is 33.2. The Labute approximate surface area is 357 Å². The van der Waals surface area contributed by atoms with Gasteiger partial charge in [0, 0.05) is 97.2 Å². The quantitative estimate of drug-likeness (QED) is 0.0621. The zero-order valence-corrected chi connectivity index (χ0v) is 35.3. The molecule has 9 rings (SSSR count). The number of rotatable bonds is 12. The maximum absolute atomic E-state index is 13.5. The molecule has 3 fully saturated rings. The Morgan fingerprint density at radius 2 is 1.53 bits per heavy atom. The second kappa shape index (κ2) is 17.1. The second-order valence-corrected chi connectivity index (χ2v) is 17.0. The van der Waals surface area contributed by atoms with E-state index in [1.165, 1.54) is 29.8 Å². The SMILES string of the molecule is C=CCn1c(=O)c2cnc(Nc3ccc(N4CCN(CC5CCN(c6ccc(NC7CCC(=O)NC7=O)cc6)CC5)CC4)cc3)nc2n1-c1ccc2c(n1)[C@@H](CI)CC2. The number of piperazine rings is 1. The molecule has 2 atom stereocenters. The van der Waals surface area contributed by atoms with Gasteiger partial charge in [0.2, 0.25) is 17.8 Å². The van der Waals surface area contributed by atoms with E-state index in [0.717, 1.165) is 80.2 Å². The molecule has 3 saturated heterocycles. The van der Waals surface area contributed by atoms with Crippen LogP contribution in [-0.4, -0.2) is 97.3 Å². The van der Waals surface area contributed by atoms with E-state index in [9.17, 15) is 14.4 Å². The first-order chi connectivity index (χ1) is 28.8. The van der Waals surface area contributed by atoms with Gasteiger partial charge in [-0.05, 0) is 98.2 Å². The smallest absolute Gasteiger partial charge is 0.278 e. The van der Waals surface area contributed by atoms with E-state index >= 15 is 0 Å². The standard InChI is InChI=1S/C44H50IN11O3/c1-2-19-55-43(59)36-27-46-44(51-41(36)56(55)38-15-5-30-3-4-31(26-45)40(30)49-38)48-33-8-12-35(13-9-33)54-24-22-52(23-25-54)28-29-17-20-53(21-18-29)34-10-6-32(7-11-34)47-37-14-16-39(57)50-42(37)58/h2,5-13,15,27,29,31,37,47H,1,3-4,14,16-26,28H2,(H,46,48,51)(H,50,57,58)/t31-,37?/m1/s1. The van der Waals surface area contributed by atoms with E-state index in [1.807, 2.05) is 22.9 Å². The lowest BCUT2D eigenvalue weighted by molar-refractivity contribution is -0.133. The number of carbonyl (C=O) groups excluding carboxylic acids is 2. The molecule has 306 valence electrons. The number of amides is 2. The Kier molecular flexibility index (Phi) is 11.4. The maximum atomic E-state index is 13.5. The average Bonchev–Trinajstić information content (AvgIpc) is 3.80. The first-order valence-electron chi connectivity index (χ1n) is 20.8. The number of carbonyl (C=O) groups is 2. The third-order valence-corrected chi connectivity index (χ3v) is 13.4. The van der Waals surface area contributed by atoms with Crippen LogP contribution in [0.4, 0.5) is 28.7 Å². The van der Waals surface area contributed by atoms with Gasteiger partial charge < -0.3 is 20.4 Å². The van der Waals surface area contributed by atoms with Crippen molar-refractivity contribution in [3.8, 4) is 5.82 Å². The van der Waals surface area contributed by atoms with Crippen LogP contribution in [0.1, 0.15) is 49.3 Å². The van der Waals surface area contributed by atoms with Crippen molar-refractivity contribution in [2.45, 2.75) is 57.0 Å². The molecule has 59 heavy (non-hydrogen) atoms. The molecular formula is C44H50IN11O3. The molecule has 2 aromatic carbocycles. The molecule has 2 amide bonds. The lowest BCUT2D eigenvalue weighted by atomic mass is 9.95. The van der Waals surface area contributed by atoms with Crippen LogP contribution in [0.3, 0.4) is 0 Å². The molecule has 6 heterocycles. The fraction of sp³-hybridized carbons (Fsp3) is 0.409. The summed E-state index contributed by atoms with van der Waals surface area (Å²) >= 11 is 2.44.